The van der Waals surface area contributed by atoms with Gasteiger partial charge in [-0.05, 0) is 62.7 Å². The van der Waals surface area contributed by atoms with Crippen molar-refractivity contribution >= 4 is 34.6 Å². The maximum absolute atomic E-state index is 12.3. The molecule has 0 fully saturated rings. The van der Waals surface area contributed by atoms with Gasteiger partial charge >= 0.3 is 0 Å². The molecule has 0 aliphatic rings. The molecule has 3 N–H and O–H groups in total. The van der Waals surface area contributed by atoms with Gasteiger partial charge in [0.15, 0.2) is 0 Å². The van der Waals surface area contributed by atoms with Crippen molar-refractivity contribution in [1.82, 2.24) is 0 Å². The summed E-state index contributed by atoms with van der Waals surface area (Å²) in [6.45, 7) is 9.74. The van der Waals surface area contributed by atoms with Crippen LogP contribution in [-0.4, -0.2) is 31.4 Å². The Morgan fingerprint density at radius 2 is 1.67 bits per heavy atom. The maximum atomic E-state index is 12.3. The third-order valence-electron chi connectivity index (χ3n) is 4.25. The second-order valence-corrected chi connectivity index (χ2v) is 6.34. The lowest BCUT2D eigenvalue weighted by molar-refractivity contribution is -0.115. The molecule has 0 aromatic heterocycles. The van der Waals surface area contributed by atoms with Crippen LogP contribution in [0.25, 0.3) is 0 Å². The minimum atomic E-state index is -0.131. The SMILES string of the molecule is CCN(CC)c1ccc(NC(=O)CNc2cccc(NC(C)=O)c2)c(C)c1. The van der Waals surface area contributed by atoms with Gasteiger partial charge < -0.3 is 20.9 Å². The smallest absolute Gasteiger partial charge is 0.243 e. The molecule has 2 aromatic rings. The highest BCUT2D eigenvalue weighted by Gasteiger charge is 2.08. The molecule has 144 valence electrons. The van der Waals surface area contributed by atoms with Crippen molar-refractivity contribution < 1.29 is 9.59 Å². The molecule has 2 aromatic carbocycles. The van der Waals surface area contributed by atoms with Crippen LogP contribution in [0.3, 0.4) is 0 Å². The van der Waals surface area contributed by atoms with Gasteiger partial charge in [0, 0.05) is 42.8 Å². The first kappa shape index (κ1) is 20.3. The van der Waals surface area contributed by atoms with E-state index in [0.29, 0.717) is 5.69 Å². The molecule has 0 atom stereocenters. The number of nitrogens with one attached hydrogen (secondary N) is 3. The third kappa shape index (κ3) is 6.02. The van der Waals surface area contributed by atoms with Gasteiger partial charge in [-0.1, -0.05) is 6.07 Å². The van der Waals surface area contributed by atoms with Gasteiger partial charge in [-0.3, -0.25) is 9.59 Å². The first-order valence-electron chi connectivity index (χ1n) is 9.20. The van der Waals surface area contributed by atoms with Crippen molar-refractivity contribution in [3.05, 3.63) is 48.0 Å². The Balaban J connectivity index is 1.95. The van der Waals surface area contributed by atoms with Crippen LogP contribution >= 0.6 is 0 Å². The predicted octanol–water partition coefficient (Wildman–Crippen LogP) is 3.85. The van der Waals surface area contributed by atoms with Gasteiger partial charge in [0.2, 0.25) is 11.8 Å². The van der Waals surface area contributed by atoms with E-state index in [1.807, 2.05) is 31.2 Å². The minimum absolute atomic E-state index is 0.126. The lowest BCUT2D eigenvalue weighted by Gasteiger charge is -2.22. The lowest BCUT2D eigenvalue weighted by Crippen LogP contribution is -2.23. The molecule has 0 spiro atoms. The van der Waals surface area contributed by atoms with Gasteiger partial charge in [0.05, 0.1) is 6.54 Å². The normalized spacial score (nSPS) is 10.2. The fourth-order valence-electron chi connectivity index (χ4n) is 2.86. The van der Waals surface area contributed by atoms with E-state index in [9.17, 15) is 9.59 Å². The molecule has 0 radical (unpaired) electrons. The van der Waals surface area contributed by atoms with Crippen LogP contribution in [0, 0.1) is 6.92 Å². The summed E-state index contributed by atoms with van der Waals surface area (Å²) in [4.78, 5) is 25.7. The Labute approximate surface area is 161 Å². The second kappa shape index (κ2) is 9.62. The van der Waals surface area contributed by atoms with Gasteiger partial charge in [0.25, 0.3) is 0 Å². The van der Waals surface area contributed by atoms with Crippen LogP contribution < -0.4 is 20.9 Å². The van der Waals surface area contributed by atoms with Gasteiger partial charge in [0.1, 0.15) is 0 Å². The van der Waals surface area contributed by atoms with Crippen LogP contribution in [0.5, 0.6) is 0 Å². The van der Waals surface area contributed by atoms with Crippen LogP contribution in [0.1, 0.15) is 26.3 Å². The van der Waals surface area contributed by atoms with Crippen LogP contribution in [0.4, 0.5) is 22.7 Å². The number of hydrogen-bond acceptors (Lipinski definition) is 4. The monoisotopic (exact) mass is 368 g/mol. The third-order valence-corrected chi connectivity index (χ3v) is 4.25. The van der Waals surface area contributed by atoms with E-state index in [-0.39, 0.29) is 18.4 Å². The minimum Gasteiger partial charge on any atom is -0.376 e. The van der Waals surface area contributed by atoms with Crippen molar-refractivity contribution in [3.63, 3.8) is 0 Å². The molecule has 0 bridgehead atoms. The van der Waals surface area contributed by atoms with E-state index in [0.717, 1.165) is 35.7 Å². The van der Waals surface area contributed by atoms with E-state index in [2.05, 4.69) is 40.8 Å². The number of carbonyl (C=O) groups excluding carboxylic acids is 2. The summed E-state index contributed by atoms with van der Waals surface area (Å²) < 4.78 is 0. The molecule has 0 aliphatic carbocycles. The molecule has 0 aliphatic heterocycles. The molecule has 2 amide bonds. The fourth-order valence-corrected chi connectivity index (χ4v) is 2.86. The average molecular weight is 368 g/mol. The summed E-state index contributed by atoms with van der Waals surface area (Å²) >= 11 is 0. The molecule has 6 nitrogen and oxygen atoms in total. The zero-order chi connectivity index (χ0) is 19.8. The highest BCUT2D eigenvalue weighted by atomic mass is 16.2. The van der Waals surface area contributed by atoms with Crippen molar-refractivity contribution in [3.8, 4) is 0 Å². The van der Waals surface area contributed by atoms with Crippen molar-refractivity contribution in [1.29, 1.82) is 0 Å². The van der Waals surface area contributed by atoms with Crippen molar-refractivity contribution in [2.75, 3.05) is 40.5 Å². The zero-order valence-corrected chi connectivity index (χ0v) is 16.4. The topological polar surface area (TPSA) is 73.5 Å². The Hall–Kier alpha value is -3.02. The summed E-state index contributed by atoms with van der Waals surface area (Å²) in [6, 6.07) is 13.3. The number of nitrogens with zero attached hydrogens (tertiary/aromatic N) is 1. The number of aryl methyl sites for hydroxylation is 1. The molecule has 0 unspecified atom stereocenters. The van der Waals surface area contributed by atoms with Crippen molar-refractivity contribution in [2.24, 2.45) is 0 Å². The number of rotatable bonds is 8. The van der Waals surface area contributed by atoms with Gasteiger partial charge in [-0.25, -0.2) is 0 Å². The molecule has 6 heteroatoms. The first-order valence-corrected chi connectivity index (χ1v) is 9.20. The number of hydrogen-bond donors (Lipinski definition) is 3. The first-order chi connectivity index (χ1) is 12.9. The highest BCUT2D eigenvalue weighted by Crippen LogP contribution is 2.22. The summed E-state index contributed by atoms with van der Waals surface area (Å²) in [5, 5.41) is 8.73. The summed E-state index contributed by atoms with van der Waals surface area (Å²) in [5.74, 6) is -0.257. The van der Waals surface area contributed by atoms with Crippen LogP contribution in [0.2, 0.25) is 0 Å². The van der Waals surface area contributed by atoms with E-state index < -0.39 is 0 Å². The highest BCUT2D eigenvalue weighted by molar-refractivity contribution is 5.95. The van der Waals surface area contributed by atoms with E-state index in [4.69, 9.17) is 0 Å². The molecule has 0 saturated heterocycles. The van der Waals surface area contributed by atoms with Gasteiger partial charge in [-0.2, -0.15) is 0 Å². The largest absolute Gasteiger partial charge is 0.376 e. The summed E-state index contributed by atoms with van der Waals surface area (Å²) in [5.41, 5.74) is 4.45. The molecule has 2 rings (SSSR count). The van der Waals surface area contributed by atoms with Gasteiger partial charge in [-0.15, -0.1) is 0 Å². The van der Waals surface area contributed by atoms with Crippen LogP contribution in [0.15, 0.2) is 42.5 Å². The van der Waals surface area contributed by atoms with Crippen molar-refractivity contribution in [2.45, 2.75) is 27.7 Å². The predicted molar refractivity (Wildman–Crippen MR) is 113 cm³/mol. The zero-order valence-electron chi connectivity index (χ0n) is 16.4. The standard InChI is InChI=1S/C21H28N4O2/c1-5-25(6-2)19-10-11-20(15(3)12-19)24-21(27)14-22-17-8-7-9-18(13-17)23-16(4)26/h7-13,22H,5-6,14H2,1-4H3,(H,23,26)(H,24,27). The Kier molecular flexibility index (Phi) is 7.23. The number of benzene rings is 2. The molecule has 27 heavy (non-hydrogen) atoms. The molecular weight excluding hydrogens is 340 g/mol. The van der Waals surface area contributed by atoms with E-state index >= 15 is 0 Å². The molecule has 0 saturated carbocycles. The summed E-state index contributed by atoms with van der Waals surface area (Å²) in [7, 11) is 0. The Morgan fingerprint density at radius 1 is 0.963 bits per heavy atom. The second-order valence-electron chi connectivity index (χ2n) is 6.34. The summed E-state index contributed by atoms with van der Waals surface area (Å²) in [6.07, 6.45) is 0. The molecular formula is C21H28N4O2. The Morgan fingerprint density at radius 3 is 2.30 bits per heavy atom. The average Bonchev–Trinajstić information content (AvgIpc) is 2.63. The number of amides is 2. The Bertz CT molecular complexity index is 801. The number of anilines is 4. The fraction of sp³-hybridized carbons (Fsp3) is 0.333. The lowest BCUT2D eigenvalue weighted by atomic mass is 10.1. The maximum Gasteiger partial charge on any atom is 0.243 e. The van der Waals surface area contributed by atoms with Crippen LogP contribution in [-0.2, 0) is 9.59 Å². The molecule has 0 heterocycles. The quantitative estimate of drug-likeness (QED) is 0.662. The number of carbonyl (C=O) groups is 2. The van der Waals surface area contributed by atoms with E-state index in [1.54, 1.807) is 12.1 Å². The van der Waals surface area contributed by atoms with E-state index in [1.165, 1.54) is 6.92 Å².